The van der Waals surface area contributed by atoms with E-state index in [1.54, 1.807) is 0 Å². The molecule has 0 aliphatic carbocycles. The lowest BCUT2D eigenvalue weighted by atomic mass is 10.1. The minimum atomic E-state index is -4.71. The summed E-state index contributed by atoms with van der Waals surface area (Å²) in [4.78, 5) is 2.41. The predicted molar refractivity (Wildman–Crippen MR) is 44.3 cm³/mol. The van der Waals surface area contributed by atoms with Crippen molar-refractivity contribution in [3.8, 4) is 0 Å². The van der Waals surface area contributed by atoms with Gasteiger partial charge in [-0.25, -0.2) is 4.39 Å². The van der Waals surface area contributed by atoms with E-state index in [4.69, 9.17) is 5.53 Å². The fraction of sp³-hybridized carbons (Fsp3) is 0.250. The van der Waals surface area contributed by atoms with Crippen LogP contribution >= 0.6 is 0 Å². The van der Waals surface area contributed by atoms with Gasteiger partial charge in [-0.2, -0.15) is 13.2 Å². The van der Waals surface area contributed by atoms with Crippen LogP contribution in [0.15, 0.2) is 23.3 Å². The first kappa shape index (κ1) is 11.3. The number of hydrogen-bond donors (Lipinski definition) is 0. The van der Waals surface area contributed by atoms with Crippen LogP contribution in [0.2, 0.25) is 0 Å². The molecule has 0 spiro atoms. The first-order valence-corrected chi connectivity index (χ1v) is 3.81. The number of benzene rings is 1. The van der Waals surface area contributed by atoms with E-state index in [9.17, 15) is 17.6 Å². The summed E-state index contributed by atoms with van der Waals surface area (Å²) in [5, 5.41) is 3.11. The van der Waals surface area contributed by atoms with Crippen LogP contribution in [0.3, 0.4) is 0 Å². The van der Waals surface area contributed by atoms with Crippen LogP contribution in [0.25, 0.3) is 10.4 Å². The number of alkyl halides is 3. The van der Waals surface area contributed by atoms with Crippen LogP contribution in [0.5, 0.6) is 0 Å². The molecule has 0 atom stereocenters. The van der Waals surface area contributed by atoms with Crippen molar-refractivity contribution in [1.82, 2.24) is 0 Å². The highest BCUT2D eigenvalue weighted by Crippen LogP contribution is 2.31. The molecule has 3 nitrogen and oxygen atoms in total. The van der Waals surface area contributed by atoms with E-state index in [-0.39, 0.29) is 12.1 Å². The first-order valence-electron chi connectivity index (χ1n) is 3.81. The summed E-state index contributed by atoms with van der Waals surface area (Å²) in [6.45, 7) is -0.175. The van der Waals surface area contributed by atoms with Gasteiger partial charge in [0, 0.05) is 4.91 Å². The lowest BCUT2D eigenvalue weighted by molar-refractivity contribution is -0.140. The fourth-order valence-electron chi connectivity index (χ4n) is 1.00. The summed E-state index contributed by atoms with van der Waals surface area (Å²) >= 11 is 0. The summed E-state index contributed by atoms with van der Waals surface area (Å²) in [7, 11) is 0. The maximum atomic E-state index is 12.9. The topological polar surface area (TPSA) is 48.8 Å². The molecule has 1 aromatic rings. The molecule has 0 bridgehead atoms. The Hall–Kier alpha value is -1.75. The third kappa shape index (κ3) is 2.85. The zero-order valence-corrected chi connectivity index (χ0v) is 7.29. The molecule has 0 aliphatic rings. The van der Waals surface area contributed by atoms with Crippen LogP contribution < -0.4 is 0 Å². The summed E-state index contributed by atoms with van der Waals surface area (Å²) in [6.07, 6.45) is -4.71. The molecule has 1 rings (SSSR count). The van der Waals surface area contributed by atoms with E-state index in [2.05, 4.69) is 10.0 Å². The van der Waals surface area contributed by atoms with Crippen LogP contribution in [-0.2, 0) is 12.7 Å². The Labute approximate surface area is 82.0 Å². The van der Waals surface area contributed by atoms with E-state index in [0.29, 0.717) is 12.1 Å². The molecule has 0 saturated carbocycles. The van der Waals surface area contributed by atoms with E-state index < -0.39 is 17.6 Å². The molecule has 7 heteroatoms. The summed E-state index contributed by atoms with van der Waals surface area (Å²) in [5.41, 5.74) is 6.83. The number of nitrogens with zero attached hydrogens (tertiary/aromatic N) is 3. The molecule has 15 heavy (non-hydrogen) atoms. The van der Waals surface area contributed by atoms with Gasteiger partial charge in [-0.15, -0.1) is 0 Å². The number of hydrogen-bond acceptors (Lipinski definition) is 1. The van der Waals surface area contributed by atoms with E-state index in [1.165, 1.54) is 0 Å². The number of halogens is 4. The van der Waals surface area contributed by atoms with Crippen molar-refractivity contribution in [2.45, 2.75) is 12.7 Å². The molecule has 0 aromatic heterocycles. The minimum Gasteiger partial charge on any atom is -0.206 e. The van der Waals surface area contributed by atoms with Gasteiger partial charge in [0.25, 0.3) is 0 Å². The van der Waals surface area contributed by atoms with Crippen molar-refractivity contribution in [3.63, 3.8) is 0 Å². The lowest BCUT2D eigenvalue weighted by Crippen LogP contribution is -2.08. The number of azide groups is 1. The van der Waals surface area contributed by atoms with Crippen molar-refractivity contribution in [3.05, 3.63) is 45.6 Å². The van der Waals surface area contributed by atoms with E-state index >= 15 is 0 Å². The molecule has 0 N–H and O–H groups in total. The van der Waals surface area contributed by atoms with Crippen molar-refractivity contribution in [2.75, 3.05) is 0 Å². The largest absolute Gasteiger partial charge is 0.419 e. The van der Waals surface area contributed by atoms with Crippen LogP contribution in [0.1, 0.15) is 11.1 Å². The van der Waals surface area contributed by atoms with Gasteiger partial charge in [-0.05, 0) is 23.2 Å². The van der Waals surface area contributed by atoms with Crippen molar-refractivity contribution in [1.29, 1.82) is 0 Å². The highest BCUT2D eigenvalue weighted by molar-refractivity contribution is 5.26. The fourth-order valence-corrected chi connectivity index (χ4v) is 1.00. The number of rotatable bonds is 2. The molecular weight excluding hydrogens is 214 g/mol. The summed E-state index contributed by atoms with van der Waals surface area (Å²) < 4.78 is 49.2. The lowest BCUT2D eigenvalue weighted by Gasteiger charge is -2.08. The maximum absolute atomic E-state index is 12.9. The average molecular weight is 219 g/mol. The van der Waals surface area contributed by atoms with Gasteiger partial charge >= 0.3 is 6.18 Å². The van der Waals surface area contributed by atoms with Crippen molar-refractivity contribution in [2.24, 2.45) is 5.11 Å². The monoisotopic (exact) mass is 219 g/mol. The van der Waals surface area contributed by atoms with Gasteiger partial charge < -0.3 is 0 Å². The van der Waals surface area contributed by atoms with Gasteiger partial charge in [0.2, 0.25) is 0 Å². The smallest absolute Gasteiger partial charge is 0.206 e. The molecular formula is C8H5F4N3. The molecule has 1 aromatic carbocycles. The Morgan fingerprint density at radius 3 is 2.47 bits per heavy atom. The third-order valence-corrected chi connectivity index (χ3v) is 1.66. The standard InChI is InChI=1S/C8H5F4N3/c9-7-3-5(4-14-15-13)1-2-6(7)8(10,11)12/h1-3H,4H2. The molecule has 0 fully saturated rings. The molecule has 0 aliphatic heterocycles. The molecule has 0 heterocycles. The third-order valence-electron chi connectivity index (χ3n) is 1.66. The Morgan fingerprint density at radius 2 is 2.00 bits per heavy atom. The van der Waals surface area contributed by atoms with Gasteiger partial charge in [-0.1, -0.05) is 11.2 Å². The Morgan fingerprint density at radius 1 is 1.33 bits per heavy atom. The van der Waals surface area contributed by atoms with Crippen LogP contribution in [-0.4, -0.2) is 0 Å². The molecule has 0 amide bonds. The predicted octanol–water partition coefficient (Wildman–Crippen LogP) is 3.65. The maximum Gasteiger partial charge on any atom is 0.419 e. The second kappa shape index (κ2) is 4.18. The molecule has 0 radical (unpaired) electrons. The van der Waals surface area contributed by atoms with E-state index in [1.807, 2.05) is 0 Å². The Kier molecular flexibility index (Phi) is 3.16. The van der Waals surface area contributed by atoms with Crippen molar-refractivity contribution < 1.29 is 17.6 Å². The normalized spacial score (nSPS) is 10.9. The van der Waals surface area contributed by atoms with Gasteiger partial charge in [0.1, 0.15) is 5.82 Å². The Bertz CT molecular complexity index is 407. The Balaban J connectivity index is 3.03. The van der Waals surface area contributed by atoms with Crippen molar-refractivity contribution >= 4 is 0 Å². The average Bonchev–Trinajstić information content (AvgIpc) is 2.12. The van der Waals surface area contributed by atoms with Crippen LogP contribution in [0, 0.1) is 5.82 Å². The summed E-state index contributed by atoms with van der Waals surface area (Å²) in [5.74, 6) is -1.37. The van der Waals surface area contributed by atoms with E-state index in [0.717, 1.165) is 6.07 Å². The minimum absolute atomic E-state index is 0.175. The highest BCUT2D eigenvalue weighted by atomic mass is 19.4. The molecule has 80 valence electrons. The van der Waals surface area contributed by atoms with Crippen LogP contribution in [0.4, 0.5) is 17.6 Å². The second-order valence-corrected chi connectivity index (χ2v) is 2.70. The van der Waals surface area contributed by atoms with Gasteiger partial charge in [-0.3, -0.25) is 0 Å². The quantitative estimate of drug-likeness (QED) is 0.315. The summed E-state index contributed by atoms with van der Waals surface area (Å²) in [6, 6.07) is 2.40. The van der Waals surface area contributed by atoms with Gasteiger partial charge in [0.05, 0.1) is 12.1 Å². The highest BCUT2D eigenvalue weighted by Gasteiger charge is 2.33. The zero-order chi connectivity index (χ0) is 11.5. The molecule has 0 saturated heterocycles. The molecule has 0 unspecified atom stereocenters. The van der Waals surface area contributed by atoms with Gasteiger partial charge in [0.15, 0.2) is 0 Å². The SMILES string of the molecule is [N-]=[N+]=NCc1ccc(C(F)(F)F)c(F)c1. The first-order chi connectivity index (χ1) is 6.95. The second-order valence-electron chi connectivity index (χ2n) is 2.70. The zero-order valence-electron chi connectivity index (χ0n) is 7.29.